The summed E-state index contributed by atoms with van der Waals surface area (Å²) in [4.78, 5) is 25.1. The molecule has 6 nitrogen and oxygen atoms in total. The zero-order valence-corrected chi connectivity index (χ0v) is 28.4. The van der Waals surface area contributed by atoms with Crippen LogP contribution in [0.3, 0.4) is 0 Å². The maximum atomic E-state index is 5.08. The predicted molar refractivity (Wildman–Crippen MR) is 209 cm³/mol. The van der Waals surface area contributed by atoms with Gasteiger partial charge in [-0.1, -0.05) is 121 Å². The Morgan fingerprint density at radius 3 is 1.56 bits per heavy atom. The van der Waals surface area contributed by atoms with Crippen LogP contribution in [0.1, 0.15) is 5.69 Å². The molecule has 0 amide bonds. The number of imidazole rings is 1. The SMILES string of the molecule is Cc1cccc(-c2cc(-c3cccc(-c4c(-c5ccccc5)nc5ccccn45)c3)cc(-c3nc(-c4ccccc4)nc(-c4ccccc4)n3)c2)n1. The molecule has 52 heavy (non-hydrogen) atoms. The number of hydrogen-bond donors (Lipinski definition) is 0. The van der Waals surface area contributed by atoms with Crippen molar-refractivity contribution in [3.8, 4) is 79.1 Å². The number of aryl methyl sites for hydroxylation is 1. The monoisotopic (exact) mass is 668 g/mol. The summed E-state index contributed by atoms with van der Waals surface area (Å²) < 4.78 is 2.17. The van der Waals surface area contributed by atoms with Crippen LogP contribution < -0.4 is 0 Å². The molecular formula is C46H32N6. The van der Waals surface area contributed by atoms with Crippen molar-refractivity contribution in [2.75, 3.05) is 0 Å². The van der Waals surface area contributed by atoms with Crippen molar-refractivity contribution in [1.82, 2.24) is 29.3 Å². The molecule has 5 aromatic carbocycles. The molecule has 246 valence electrons. The van der Waals surface area contributed by atoms with Gasteiger partial charge in [0.1, 0.15) is 5.65 Å². The van der Waals surface area contributed by atoms with Gasteiger partial charge in [-0.2, -0.15) is 0 Å². The number of rotatable bonds is 7. The van der Waals surface area contributed by atoms with Gasteiger partial charge in [-0.05, 0) is 66.6 Å². The lowest BCUT2D eigenvalue weighted by Crippen LogP contribution is -2.00. The third-order valence-electron chi connectivity index (χ3n) is 9.12. The molecule has 0 fully saturated rings. The molecule has 0 atom stereocenters. The summed E-state index contributed by atoms with van der Waals surface area (Å²) in [7, 11) is 0. The third-order valence-corrected chi connectivity index (χ3v) is 9.12. The molecule has 0 aliphatic rings. The van der Waals surface area contributed by atoms with Gasteiger partial charge in [0.15, 0.2) is 17.5 Å². The first-order valence-electron chi connectivity index (χ1n) is 17.3. The van der Waals surface area contributed by atoms with E-state index in [4.69, 9.17) is 24.9 Å². The normalized spacial score (nSPS) is 11.2. The smallest absolute Gasteiger partial charge is 0.164 e. The standard InChI is InChI=1S/C46H32N6/c1-31-15-13-24-40(47-31)38-28-37(29-39(30-38)46-50-44(33-18-7-3-8-19-33)49-45(51-46)34-20-9-4-10-21-34)35-22-14-23-36(27-35)43-42(32-16-5-2-6-17-32)48-41-25-11-12-26-52(41)43/h2-30H,1H3. The van der Waals surface area contributed by atoms with Crippen LogP contribution in [-0.4, -0.2) is 29.3 Å². The molecule has 9 aromatic rings. The summed E-state index contributed by atoms with van der Waals surface area (Å²) in [5.74, 6) is 1.83. The van der Waals surface area contributed by atoms with Gasteiger partial charge in [0.2, 0.25) is 0 Å². The summed E-state index contributed by atoms with van der Waals surface area (Å²) in [6.07, 6.45) is 2.08. The minimum Gasteiger partial charge on any atom is -0.299 e. The van der Waals surface area contributed by atoms with Crippen LogP contribution >= 0.6 is 0 Å². The van der Waals surface area contributed by atoms with Gasteiger partial charge >= 0.3 is 0 Å². The molecular weight excluding hydrogens is 637 g/mol. The fraction of sp³-hybridized carbons (Fsp3) is 0.0217. The van der Waals surface area contributed by atoms with E-state index in [1.807, 2.05) is 104 Å². The second-order valence-electron chi connectivity index (χ2n) is 12.7. The van der Waals surface area contributed by atoms with Gasteiger partial charge in [0.05, 0.1) is 17.1 Å². The summed E-state index contributed by atoms with van der Waals surface area (Å²) in [6, 6.07) is 57.9. The van der Waals surface area contributed by atoms with Crippen molar-refractivity contribution in [3.05, 3.63) is 182 Å². The van der Waals surface area contributed by atoms with E-state index in [0.717, 1.165) is 72.9 Å². The Balaban J connectivity index is 1.25. The molecule has 6 heteroatoms. The Morgan fingerprint density at radius 2 is 0.885 bits per heavy atom. The number of aromatic nitrogens is 6. The van der Waals surface area contributed by atoms with Gasteiger partial charge in [-0.3, -0.25) is 9.38 Å². The minimum absolute atomic E-state index is 0.591. The van der Waals surface area contributed by atoms with Crippen LogP contribution in [0.25, 0.3) is 84.7 Å². The molecule has 4 heterocycles. The fourth-order valence-corrected chi connectivity index (χ4v) is 6.63. The molecule has 0 bridgehead atoms. The Labute approximate surface area is 301 Å². The topological polar surface area (TPSA) is 68.9 Å². The minimum atomic E-state index is 0.591. The lowest BCUT2D eigenvalue weighted by Gasteiger charge is -2.13. The number of nitrogens with zero attached hydrogens (tertiary/aromatic N) is 6. The van der Waals surface area contributed by atoms with E-state index in [9.17, 15) is 0 Å². The van der Waals surface area contributed by atoms with Crippen LogP contribution in [-0.2, 0) is 0 Å². The first-order chi connectivity index (χ1) is 25.7. The van der Waals surface area contributed by atoms with Crippen LogP contribution in [0.5, 0.6) is 0 Å². The van der Waals surface area contributed by atoms with E-state index < -0.39 is 0 Å². The molecule has 0 saturated heterocycles. The van der Waals surface area contributed by atoms with E-state index >= 15 is 0 Å². The second kappa shape index (κ2) is 13.3. The van der Waals surface area contributed by atoms with Crippen LogP contribution in [0.4, 0.5) is 0 Å². The van der Waals surface area contributed by atoms with E-state index in [-0.39, 0.29) is 0 Å². The molecule has 9 rings (SSSR count). The van der Waals surface area contributed by atoms with E-state index in [0.29, 0.717) is 17.5 Å². The molecule has 4 aromatic heterocycles. The fourth-order valence-electron chi connectivity index (χ4n) is 6.63. The first-order valence-corrected chi connectivity index (χ1v) is 17.3. The van der Waals surface area contributed by atoms with Crippen molar-refractivity contribution in [1.29, 1.82) is 0 Å². The average Bonchev–Trinajstić information content (AvgIpc) is 3.61. The Morgan fingerprint density at radius 1 is 0.365 bits per heavy atom. The molecule has 0 spiro atoms. The Bertz CT molecular complexity index is 2630. The highest BCUT2D eigenvalue weighted by atomic mass is 15.0. The largest absolute Gasteiger partial charge is 0.299 e. The number of fused-ring (bicyclic) bond motifs is 1. The van der Waals surface area contributed by atoms with Crippen molar-refractivity contribution < 1.29 is 0 Å². The first kappa shape index (κ1) is 31.0. The van der Waals surface area contributed by atoms with Crippen molar-refractivity contribution >= 4 is 5.65 Å². The molecule has 0 saturated carbocycles. The lowest BCUT2D eigenvalue weighted by molar-refractivity contribution is 1.07. The lowest BCUT2D eigenvalue weighted by atomic mass is 9.95. The maximum absolute atomic E-state index is 5.08. The van der Waals surface area contributed by atoms with E-state index in [2.05, 4.69) is 83.4 Å². The number of benzene rings is 5. The molecule has 0 unspecified atom stereocenters. The molecule has 0 radical (unpaired) electrons. The van der Waals surface area contributed by atoms with Crippen molar-refractivity contribution in [2.24, 2.45) is 0 Å². The van der Waals surface area contributed by atoms with Gasteiger partial charge in [-0.25, -0.2) is 19.9 Å². The zero-order chi connectivity index (χ0) is 34.9. The quantitative estimate of drug-likeness (QED) is 0.169. The van der Waals surface area contributed by atoms with Crippen LogP contribution in [0.2, 0.25) is 0 Å². The highest BCUT2D eigenvalue weighted by Crippen LogP contribution is 2.37. The summed E-state index contributed by atoms with van der Waals surface area (Å²) in [6.45, 7) is 2.02. The molecule has 0 N–H and O–H groups in total. The Kier molecular flexibility index (Phi) is 7.95. The zero-order valence-electron chi connectivity index (χ0n) is 28.4. The summed E-state index contributed by atoms with van der Waals surface area (Å²) in [5.41, 5.74) is 12.6. The van der Waals surface area contributed by atoms with Crippen molar-refractivity contribution in [3.63, 3.8) is 0 Å². The number of hydrogen-bond acceptors (Lipinski definition) is 5. The predicted octanol–water partition coefficient (Wildman–Crippen LogP) is 10.9. The van der Waals surface area contributed by atoms with Gasteiger partial charge in [-0.15, -0.1) is 0 Å². The maximum Gasteiger partial charge on any atom is 0.164 e. The highest BCUT2D eigenvalue weighted by Gasteiger charge is 2.18. The van der Waals surface area contributed by atoms with Gasteiger partial charge < -0.3 is 0 Å². The summed E-state index contributed by atoms with van der Waals surface area (Å²) >= 11 is 0. The van der Waals surface area contributed by atoms with E-state index in [1.165, 1.54) is 0 Å². The van der Waals surface area contributed by atoms with Gasteiger partial charge in [0, 0.05) is 45.3 Å². The molecule has 0 aliphatic heterocycles. The Hall–Kier alpha value is -7.05. The summed E-state index contributed by atoms with van der Waals surface area (Å²) in [5, 5.41) is 0. The second-order valence-corrected chi connectivity index (χ2v) is 12.7. The third kappa shape index (κ3) is 6.03. The average molecular weight is 669 g/mol. The van der Waals surface area contributed by atoms with Crippen molar-refractivity contribution in [2.45, 2.75) is 6.92 Å². The molecule has 0 aliphatic carbocycles. The van der Waals surface area contributed by atoms with Gasteiger partial charge in [0.25, 0.3) is 0 Å². The number of pyridine rings is 2. The highest BCUT2D eigenvalue weighted by molar-refractivity contribution is 5.86. The van der Waals surface area contributed by atoms with Crippen LogP contribution in [0, 0.1) is 6.92 Å². The van der Waals surface area contributed by atoms with Crippen LogP contribution in [0.15, 0.2) is 176 Å². The van der Waals surface area contributed by atoms with E-state index in [1.54, 1.807) is 0 Å².